The van der Waals surface area contributed by atoms with E-state index in [0.29, 0.717) is 0 Å². The standard InChI is InChI=1S/C20H23NO3/c1-14(19-13-16-6-4-5-7-17(16)24-19)21-11-10-15-8-9-18(22-2)20(12-15)23-3/h4-9,12-14,21H,10-11H2,1-3H3. The molecule has 0 bridgehead atoms. The number of hydrogen-bond acceptors (Lipinski definition) is 4. The van der Waals surface area contributed by atoms with E-state index in [4.69, 9.17) is 13.9 Å². The lowest BCUT2D eigenvalue weighted by Crippen LogP contribution is -2.20. The fourth-order valence-electron chi connectivity index (χ4n) is 2.79. The molecule has 1 heterocycles. The van der Waals surface area contributed by atoms with Gasteiger partial charge in [0.2, 0.25) is 0 Å². The van der Waals surface area contributed by atoms with E-state index in [9.17, 15) is 0 Å². The summed E-state index contributed by atoms with van der Waals surface area (Å²) in [7, 11) is 3.30. The first-order valence-corrected chi connectivity index (χ1v) is 8.14. The first-order chi connectivity index (χ1) is 11.7. The molecule has 0 saturated heterocycles. The molecule has 1 unspecified atom stereocenters. The lowest BCUT2D eigenvalue weighted by atomic mass is 10.1. The Morgan fingerprint density at radius 2 is 1.79 bits per heavy atom. The smallest absolute Gasteiger partial charge is 0.160 e. The summed E-state index contributed by atoms with van der Waals surface area (Å²) in [6.45, 7) is 2.97. The van der Waals surface area contributed by atoms with Crippen LogP contribution in [0.5, 0.6) is 11.5 Å². The Hall–Kier alpha value is -2.46. The normalized spacial score (nSPS) is 12.3. The molecule has 0 aliphatic carbocycles. The largest absolute Gasteiger partial charge is 0.493 e. The fraction of sp³-hybridized carbons (Fsp3) is 0.300. The van der Waals surface area contributed by atoms with Crippen LogP contribution in [-0.2, 0) is 6.42 Å². The van der Waals surface area contributed by atoms with Crippen molar-refractivity contribution in [2.24, 2.45) is 0 Å². The molecule has 2 aromatic carbocycles. The van der Waals surface area contributed by atoms with E-state index in [-0.39, 0.29) is 6.04 Å². The highest BCUT2D eigenvalue weighted by Crippen LogP contribution is 2.28. The van der Waals surface area contributed by atoms with E-state index in [1.807, 2.05) is 30.3 Å². The molecule has 126 valence electrons. The molecule has 0 saturated carbocycles. The Bertz CT molecular complexity index is 777. The van der Waals surface area contributed by atoms with Gasteiger partial charge in [-0.2, -0.15) is 0 Å². The first kappa shape index (κ1) is 16.4. The number of nitrogens with one attached hydrogen (secondary N) is 1. The van der Waals surface area contributed by atoms with Gasteiger partial charge in [-0.3, -0.25) is 0 Å². The number of hydrogen-bond donors (Lipinski definition) is 1. The maximum Gasteiger partial charge on any atom is 0.160 e. The molecule has 4 heteroatoms. The molecule has 0 spiro atoms. The van der Waals surface area contributed by atoms with Crippen LogP contribution in [0.2, 0.25) is 0 Å². The molecule has 0 fully saturated rings. The van der Waals surface area contributed by atoms with Crippen LogP contribution in [0, 0.1) is 0 Å². The second-order valence-electron chi connectivity index (χ2n) is 5.80. The quantitative estimate of drug-likeness (QED) is 0.701. The number of furan rings is 1. The molecule has 0 aliphatic rings. The first-order valence-electron chi connectivity index (χ1n) is 8.14. The van der Waals surface area contributed by atoms with E-state index in [0.717, 1.165) is 41.2 Å². The predicted octanol–water partition coefficient (Wildman–Crippen LogP) is 4.34. The van der Waals surface area contributed by atoms with E-state index in [1.165, 1.54) is 5.56 Å². The third-order valence-electron chi connectivity index (χ3n) is 4.18. The summed E-state index contributed by atoms with van der Waals surface area (Å²) in [6, 6.07) is 16.4. The van der Waals surface area contributed by atoms with Gasteiger partial charge >= 0.3 is 0 Å². The Balaban J connectivity index is 1.59. The van der Waals surface area contributed by atoms with E-state index < -0.39 is 0 Å². The number of ether oxygens (including phenoxy) is 2. The summed E-state index contributed by atoms with van der Waals surface area (Å²) in [6.07, 6.45) is 0.908. The maximum absolute atomic E-state index is 5.90. The second-order valence-corrected chi connectivity index (χ2v) is 5.80. The zero-order valence-electron chi connectivity index (χ0n) is 14.3. The van der Waals surface area contributed by atoms with Crippen molar-refractivity contribution in [1.82, 2.24) is 5.32 Å². The number of fused-ring (bicyclic) bond motifs is 1. The van der Waals surface area contributed by atoms with Gasteiger partial charge in [0.05, 0.1) is 20.3 Å². The lowest BCUT2D eigenvalue weighted by molar-refractivity contribution is 0.354. The summed E-state index contributed by atoms with van der Waals surface area (Å²) < 4.78 is 16.5. The predicted molar refractivity (Wildman–Crippen MR) is 95.9 cm³/mol. The van der Waals surface area contributed by atoms with Gasteiger partial charge in [-0.05, 0) is 49.7 Å². The van der Waals surface area contributed by atoms with Crippen molar-refractivity contribution >= 4 is 11.0 Å². The van der Waals surface area contributed by atoms with Crippen LogP contribution >= 0.6 is 0 Å². The van der Waals surface area contributed by atoms with Gasteiger partial charge < -0.3 is 19.2 Å². The Morgan fingerprint density at radius 3 is 2.54 bits per heavy atom. The van der Waals surface area contributed by atoms with Crippen LogP contribution in [0.25, 0.3) is 11.0 Å². The van der Waals surface area contributed by atoms with Gasteiger partial charge in [0, 0.05) is 5.39 Å². The molecular weight excluding hydrogens is 302 g/mol. The van der Waals surface area contributed by atoms with Gasteiger partial charge in [0.15, 0.2) is 11.5 Å². The third kappa shape index (κ3) is 3.54. The zero-order chi connectivity index (χ0) is 16.9. The molecule has 3 aromatic rings. The average molecular weight is 325 g/mol. The van der Waals surface area contributed by atoms with Gasteiger partial charge in [-0.1, -0.05) is 24.3 Å². The maximum atomic E-state index is 5.90. The molecule has 3 rings (SSSR count). The topological polar surface area (TPSA) is 43.6 Å². The van der Waals surface area contributed by atoms with Crippen LogP contribution in [0.3, 0.4) is 0 Å². The van der Waals surface area contributed by atoms with Gasteiger partial charge in [0.25, 0.3) is 0 Å². The van der Waals surface area contributed by atoms with Crippen molar-refractivity contribution in [3.05, 3.63) is 59.9 Å². The van der Waals surface area contributed by atoms with Crippen LogP contribution in [-0.4, -0.2) is 20.8 Å². The number of rotatable bonds is 7. The van der Waals surface area contributed by atoms with Crippen LogP contribution in [0.15, 0.2) is 52.9 Å². The highest BCUT2D eigenvalue weighted by molar-refractivity contribution is 5.77. The second kappa shape index (κ2) is 7.41. The Kier molecular flexibility index (Phi) is 5.06. The lowest BCUT2D eigenvalue weighted by Gasteiger charge is -2.12. The molecule has 0 radical (unpaired) electrons. The SMILES string of the molecule is COc1ccc(CCNC(C)c2cc3ccccc3o2)cc1OC. The minimum absolute atomic E-state index is 0.164. The van der Waals surface area contributed by atoms with Gasteiger partial charge in [0.1, 0.15) is 11.3 Å². The molecular formula is C20H23NO3. The zero-order valence-corrected chi connectivity index (χ0v) is 14.3. The minimum atomic E-state index is 0.164. The molecule has 4 nitrogen and oxygen atoms in total. The number of methoxy groups -OCH3 is 2. The Morgan fingerprint density at radius 1 is 1.00 bits per heavy atom. The molecule has 1 N–H and O–H groups in total. The fourth-order valence-corrected chi connectivity index (χ4v) is 2.79. The minimum Gasteiger partial charge on any atom is -0.493 e. The van der Waals surface area contributed by atoms with Crippen LogP contribution in [0.1, 0.15) is 24.3 Å². The average Bonchev–Trinajstić information content (AvgIpc) is 3.05. The summed E-state index contributed by atoms with van der Waals surface area (Å²) >= 11 is 0. The van der Waals surface area contributed by atoms with Gasteiger partial charge in [-0.15, -0.1) is 0 Å². The molecule has 24 heavy (non-hydrogen) atoms. The molecule has 0 amide bonds. The van der Waals surface area contributed by atoms with E-state index in [2.05, 4.69) is 30.4 Å². The van der Waals surface area contributed by atoms with Crippen LogP contribution < -0.4 is 14.8 Å². The van der Waals surface area contributed by atoms with Crippen molar-refractivity contribution in [3.63, 3.8) is 0 Å². The van der Waals surface area contributed by atoms with Crippen molar-refractivity contribution < 1.29 is 13.9 Å². The molecule has 0 aliphatic heterocycles. The highest BCUT2D eigenvalue weighted by Gasteiger charge is 2.11. The summed E-state index contributed by atoms with van der Waals surface area (Å²) in [5, 5.41) is 4.65. The molecule has 1 aromatic heterocycles. The highest BCUT2D eigenvalue weighted by atomic mass is 16.5. The third-order valence-corrected chi connectivity index (χ3v) is 4.18. The summed E-state index contributed by atoms with van der Waals surface area (Å²) in [5.74, 6) is 2.48. The monoisotopic (exact) mass is 325 g/mol. The summed E-state index contributed by atoms with van der Waals surface area (Å²) in [5.41, 5.74) is 2.14. The van der Waals surface area contributed by atoms with Crippen LogP contribution in [0.4, 0.5) is 0 Å². The molecule has 1 atom stereocenters. The van der Waals surface area contributed by atoms with Crippen molar-refractivity contribution in [2.75, 3.05) is 20.8 Å². The number of para-hydroxylation sites is 1. The summed E-state index contributed by atoms with van der Waals surface area (Å²) in [4.78, 5) is 0. The Labute approximate surface area is 142 Å². The van der Waals surface area contributed by atoms with E-state index >= 15 is 0 Å². The van der Waals surface area contributed by atoms with Crippen molar-refractivity contribution in [1.29, 1.82) is 0 Å². The van der Waals surface area contributed by atoms with Crippen molar-refractivity contribution in [3.8, 4) is 11.5 Å². The van der Waals surface area contributed by atoms with Gasteiger partial charge in [-0.25, -0.2) is 0 Å². The van der Waals surface area contributed by atoms with E-state index in [1.54, 1.807) is 14.2 Å². The number of benzene rings is 2. The van der Waals surface area contributed by atoms with Crippen molar-refractivity contribution in [2.45, 2.75) is 19.4 Å².